The lowest BCUT2D eigenvalue weighted by Crippen LogP contribution is -2.20. The molecule has 0 atom stereocenters. The molecule has 24 heavy (non-hydrogen) atoms. The highest BCUT2D eigenvalue weighted by Gasteiger charge is 2.09. The summed E-state index contributed by atoms with van der Waals surface area (Å²) in [6.07, 6.45) is 2.55. The van der Waals surface area contributed by atoms with E-state index in [-0.39, 0.29) is 11.3 Å². The first-order valence-electron chi connectivity index (χ1n) is 6.57. The van der Waals surface area contributed by atoms with Gasteiger partial charge in [-0.3, -0.25) is 4.79 Å². The fourth-order valence-electron chi connectivity index (χ4n) is 1.66. The van der Waals surface area contributed by atoms with E-state index in [2.05, 4.69) is 21.2 Å². The van der Waals surface area contributed by atoms with Gasteiger partial charge in [-0.25, -0.2) is 4.79 Å². The molecule has 0 fully saturated rings. The van der Waals surface area contributed by atoms with Gasteiger partial charge in [-0.2, -0.15) is 5.26 Å². The second-order valence-corrected chi connectivity index (χ2v) is 5.65. The molecule has 0 radical (unpaired) electrons. The molecular weight excluding hydrogens is 400 g/mol. The van der Waals surface area contributed by atoms with Gasteiger partial charge in [-0.1, -0.05) is 11.6 Å². The molecule has 0 saturated carbocycles. The van der Waals surface area contributed by atoms with Gasteiger partial charge in [0.25, 0.3) is 5.91 Å². The van der Waals surface area contributed by atoms with E-state index in [1.165, 1.54) is 24.3 Å². The van der Waals surface area contributed by atoms with Crippen LogP contribution in [0.15, 0.2) is 45.5 Å². The highest BCUT2D eigenvalue weighted by atomic mass is 79.9. The molecule has 8 heteroatoms. The summed E-state index contributed by atoms with van der Waals surface area (Å²) in [5.41, 5.74) is 0.504. The summed E-state index contributed by atoms with van der Waals surface area (Å²) in [5.74, 6) is -0.832. The number of carbonyl (C=O) groups excluding carboxylic acids is 2. The van der Waals surface area contributed by atoms with Gasteiger partial charge in [0.1, 0.15) is 11.8 Å². The van der Waals surface area contributed by atoms with E-state index in [1.807, 2.05) is 6.07 Å². The number of nitrogens with zero attached hydrogens (tertiary/aromatic N) is 1. The first-order valence-corrected chi connectivity index (χ1v) is 7.74. The van der Waals surface area contributed by atoms with Crippen LogP contribution in [-0.4, -0.2) is 18.5 Å². The normalized spacial score (nSPS) is 10.4. The molecule has 122 valence electrons. The Morgan fingerprint density at radius 3 is 2.83 bits per heavy atom. The molecule has 0 unspecified atom stereocenters. The molecule has 1 heterocycles. The average Bonchev–Trinajstić information content (AvgIpc) is 2.97. The van der Waals surface area contributed by atoms with Crippen LogP contribution >= 0.6 is 27.5 Å². The highest BCUT2D eigenvalue weighted by Crippen LogP contribution is 2.20. The van der Waals surface area contributed by atoms with E-state index in [9.17, 15) is 9.59 Å². The minimum atomic E-state index is -0.704. The molecule has 1 amide bonds. The van der Waals surface area contributed by atoms with Crippen molar-refractivity contribution in [2.75, 3.05) is 11.9 Å². The van der Waals surface area contributed by atoms with Gasteiger partial charge in [0.15, 0.2) is 11.3 Å². The SMILES string of the molecule is N#Cc1ccc(Cl)cc1NC(=O)COC(=O)C=Cc1ccc(Br)o1. The Bertz CT molecular complexity index is 839. The molecule has 2 rings (SSSR count). The monoisotopic (exact) mass is 408 g/mol. The Morgan fingerprint density at radius 1 is 1.38 bits per heavy atom. The summed E-state index contributed by atoms with van der Waals surface area (Å²) in [5, 5.41) is 11.8. The lowest BCUT2D eigenvalue weighted by atomic mass is 10.2. The zero-order valence-electron chi connectivity index (χ0n) is 12.1. The zero-order chi connectivity index (χ0) is 17.5. The van der Waals surface area contributed by atoms with Crippen molar-refractivity contribution in [1.29, 1.82) is 5.26 Å². The lowest BCUT2D eigenvalue weighted by Gasteiger charge is -2.07. The lowest BCUT2D eigenvalue weighted by molar-refractivity contribution is -0.142. The van der Waals surface area contributed by atoms with Crippen LogP contribution in [0, 0.1) is 11.3 Å². The Labute approximate surface area is 150 Å². The van der Waals surface area contributed by atoms with Crippen LogP contribution < -0.4 is 5.32 Å². The maximum absolute atomic E-state index is 11.8. The summed E-state index contributed by atoms with van der Waals surface area (Å²) in [6.45, 7) is -0.498. The molecule has 6 nitrogen and oxygen atoms in total. The standard InChI is InChI=1S/C16H10BrClN2O4/c17-14-5-3-12(24-14)4-6-16(22)23-9-15(21)20-13-7-11(18)2-1-10(13)8-19/h1-7H,9H2,(H,20,21). The summed E-state index contributed by atoms with van der Waals surface area (Å²) < 4.78 is 10.5. The van der Waals surface area contributed by atoms with Gasteiger partial charge < -0.3 is 14.5 Å². The van der Waals surface area contributed by atoms with E-state index in [4.69, 9.17) is 26.0 Å². The van der Waals surface area contributed by atoms with Crippen molar-refractivity contribution in [3.8, 4) is 6.07 Å². The van der Waals surface area contributed by atoms with Gasteiger partial charge in [0.2, 0.25) is 0 Å². The summed E-state index contributed by atoms with van der Waals surface area (Å²) >= 11 is 8.95. The first kappa shape index (κ1) is 17.8. The Hall–Kier alpha value is -2.56. The van der Waals surface area contributed by atoms with Crippen LogP contribution in [0.25, 0.3) is 6.08 Å². The first-order chi connectivity index (χ1) is 11.5. The summed E-state index contributed by atoms with van der Waals surface area (Å²) in [7, 11) is 0. The highest BCUT2D eigenvalue weighted by molar-refractivity contribution is 9.10. The van der Waals surface area contributed by atoms with Crippen molar-refractivity contribution in [1.82, 2.24) is 0 Å². The topological polar surface area (TPSA) is 92.3 Å². The van der Waals surface area contributed by atoms with Crippen LogP contribution in [0.1, 0.15) is 11.3 Å². The van der Waals surface area contributed by atoms with Gasteiger partial charge in [-0.15, -0.1) is 0 Å². The number of halogens is 2. The molecular formula is C16H10BrClN2O4. The van der Waals surface area contributed by atoms with Crippen LogP contribution in [0.2, 0.25) is 5.02 Å². The van der Waals surface area contributed by atoms with Crippen molar-refractivity contribution in [3.63, 3.8) is 0 Å². The quantitative estimate of drug-likeness (QED) is 0.599. The van der Waals surface area contributed by atoms with Crippen LogP contribution in [-0.2, 0) is 14.3 Å². The number of amides is 1. The number of anilines is 1. The number of esters is 1. The van der Waals surface area contributed by atoms with Crippen molar-refractivity contribution >= 4 is 51.2 Å². The van der Waals surface area contributed by atoms with Gasteiger partial charge in [0.05, 0.1) is 11.3 Å². The molecule has 0 saturated heterocycles. The summed E-state index contributed by atoms with van der Waals surface area (Å²) in [4.78, 5) is 23.3. The van der Waals surface area contributed by atoms with Gasteiger partial charge in [-0.05, 0) is 52.3 Å². The number of nitrogens with one attached hydrogen (secondary N) is 1. The Kier molecular flexibility index (Phi) is 6.18. The molecule has 0 aliphatic heterocycles. The molecule has 0 aliphatic carbocycles. The second kappa shape index (κ2) is 8.34. The number of hydrogen-bond acceptors (Lipinski definition) is 5. The zero-order valence-corrected chi connectivity index (χ0v) is 14.4. The van der Waals surface area contributed by atoms with Gasteiger partial charge in [0, 0.05) is 11.1 Å². The van der Waals surface area contributed by atoms with E-state index >= 15 is 0 Å². The molecule has 1 N–H and O–H groups in total. The Balaban J connectivity index is 1.87. The number of ether oxygens (including phenoxy) is 1. The van der Waals surface area contributed by atoms with Gasteiger partial charge >= 0.3 is 5.97 Å². The number of furan rings is 1. The van der Waals surface area contributed by atoms with Crippen molar-refractivity contribution < 1.29 is 18.7 Å². The fourth-order valence-corrected chi connectivity index (χ4v) is 2.15. The van der Waals surface area contributed by atoms with Crippen LogP contribution in [0.5, 0.6) is 0 Å². The number of rotatable bonds is 5. The van der Waals surface area contributed by atoms with Crippen LogP contribution in [0.4, 0.5) is 5.69 Å². The van der Waals surface area contributed by atoms with Crippen molar-refractivity contribution in [3.05, 3.63) is 57.4 Å². The molecule has 1 aromatic carbocycles. The Morgan fingerprint density at radius 2 is 2.17 bits per heavy atom. The number of nitriles is 1. The van der Waals surface area contributed by atoms with E-state index in [0.29, 0.717) is 15.5 Å². The second-order valence-electron chi connectivity index (χ2n) is 4.43. The fraction of sp³-hybridized carbons (Fsp3) is 0.0625. The molecule has 2 aromatic rings. The maximum Gasteiger partial charge on any atom is 0.331 e. The minimum Gasteiger partial charge on any atom is -0.452 e. The van der Waals surface area contributed by atoms with Crippen molar-refractivity contribution in [2.24, 2.45) is 0 Å². The largest absolute Gasteiger partial charge is 0.452 e. The molecule has 0 spiro atoms. The maximum atomic E-state index is 11.8. The van der Waals surface area contributed by atoms with E-state index in [0.717, 1.165) is 6.08 Å². The summed E-state index contributed by atoms with van der Waals surface area (Å²) in [6, 6.07) is 9.71. The smallest absolute Gasteiger partial charge is 0.331 e. The number of carbonyl (C=O) groups is 2. The predicted octanol–water partition coefficient (Wildman–Crippen LogP) is 3.76. The van der Waals surface area contributed by atoms with E-state index in [1.54, 1.807) is 12.1 Å². The number of hydrogen-bond donors (Lipinski definition) is 1. The third-order valence-corrected chi connectivity index (χ3v) is 3.36. The third-order valence-electron chi connectivity index (χ3n) is 2.70. The molecule has 0 aliphatic rings. The number of benzene rings is 1. The van der Waals surface area contributed by atoms with Crippen molar-refractivity contribution in [2.45, 2.75) is 0 Å². The molecule has 1 aromatic heterocycles. The molecule has 0 bridgehead atoms. The van der Waals surface area contributed by atoms with E-state index < -0.39 is 18.5 Å². The minimum absolute atomic E-state index is 0.252. The average molecular weight is 410 g/mol. The van der Waals surface area contributed by atoms with Crippen LogP contribution in [0.3, 0.4) is 0 Å². The predicted molar refractivity (Wildman–Crippen MR) is 91.2 cm³/mol. The third kappa shape index (κ3) is 5.26.